The van der Waals surface area contributed by atoms with Crippen LogP contribution in [0.5, 0.6) is 5.75 Å². The lowest BCUT2D eigenvalue weighted by Crippen LogP contribution is -2.28. The molecule has 0 unspecified atom stereocenters. The predicted octanol–water partition coefficient (Wildman–Crippen LogP) is 4.37. The van der Waals surface area contributed by atoms with E-state index in [0.717, 1.165) is 27.6 Å². The molecule has 0 radical (unpaired) electrons. The minimum atomic E-state index is -3.75. The molecule has 0 fully saturated rings. The number of carbonyl (C=O) groups excluding carboxylic acids is 1. The second-order valence-corrected chi connectivity index (χ2v) is 9.12. The minimum Gasteiger partial charge on any atom is -0.427 e. The third-order valence-corrected chi connectivity index (χ3v) is 6.68. The Balaban J connectivity index is 1.50. The molecule has 6 nitrogen and oxygen atoms in total. The molecule has 3 aromatic carbocycles. The number of hydrogen-bond acceptors (Lipinski definition) is 5. The Morgan fingerprint density at radius 2 is 1.53 bits per heavy atom. The number of ether oxygens (including phenoxy) is 1. The van der Waals surface area contributed by atoms with Crippen molar-refractivity contribution < 1.29 is 22.3 Å². The first-order valence-electron chi connectivity index (χ1n) is 9.83. The number of hydrogen-bond donors (Lipinski definition) is 0. The lowest BCUT2D eigenvalue weighted by molar-refractivity contribution is -0.134. The molecular formula is C24H21FN2O4S. The summed E-state index contributed by atoms with van der Waals surface area (Å²) in [7, 11) is -2.34. The Bertz CT molecular complexity index is 1220. The molecule has 0 amide bonds. The van der Waals surface area contributed by atoms with Gasteiger partial charge in [-0.2, -0.15) is 5.26 Å². The van der Waals surface area contributed by atoms with Crippen molar-refractivity contribution >= 4 is 16.0 Å². The molecule has 0 aliphatic heterocycles. The molecule has 3 aromatic rings. The molecule has 8 heteroatoms. The van der Waals surface area contributed by atoms with Gasteiger partial charge >= 0.3 is 5.97 Å². The number of nitriles is 1. The minimum absolute atomic E-state index is 0.00803. The summed E-state index contributed by atoms with van der Waals surface area (Å²) in [5.41, 5.74) is 2.43. The fraction of sp³-hybridized carbons (Fsp3) is 0.167. The van der Waals surface area contributed by atoms with Crippen molar-refractivity contribution in [2.45, 2.75) is 17.7 Å². The fourth-order valence-corrected chi connectivity index (χ4v) is 4.20. The Kier molecular flexibility index (Phi) is 7.36. The molecule has 0 bridgehead atoms. The maximum atomic E-state index is 13.0. The van der Waals surface area contributed by atoms with E-state index in [4.69, 9.17) is 10.00 Å². The first-order valence-corrected chi connectivity index (χ1v) is 11.3. The van der Waals surface area contributed by atoms with E-state index >= 15 is 0 Å². The third-order valence-electron chi connectivity index (χ3n) is 4.81. The molecule has 0 spiro atoms. The van der Waals surface area contributed by atoms with Crippen LogP contribution >= 0.6 is 0 Å². The Hall–Kier alpha value is -3.54. The van der Waals surface area contributed by atoms with Gasteiger partial charge in [-0.05, 0) is 66.1 Å². The Morgan fingerprint density at radius 1 is 0.969 bits per heavy atom. The Labute approximate surface area is 186 Å². The van der Waals surface area contributed by atoms with Gasteiger partial charge in [0.15, 0.2) is 0 Å². The molecule has 0 aliphatic carbocycles. The van der Waals surface area contributed by atoms with Crippen molar-refractivity contribution in [3.05, 3.63) is 84.2 Å². The number of halogens is 1. The summed E-state index contributed by atoms with van der Waals surface area (Å²) in [6.45, 7) is 0.118. The van der Waals surface area contributed by atoms with Crippen molar-refractivity contribution in [1.82, 2.24) is 4.31 Å². The topological polar surface area (TPSA) is 87.5 Å². The summed E-state index contributed by atoms with van der Waals surface area (Å²) >= 11 is 0. The molecule has 0 atom stereocenters. The van der Waals surface area contributed by atoms with Gasteiger partial charge in [-0.15, -0.1) is 0 Å². The molecule has 0 aromatic heterocycles. The van der Waals surface area contributed by atoms with Crippen LogP contribution in [0.1, 0.15) is 18.4 Å². The molecular weight excluding hydrogens is 431 g/mol. The summed E-state index contributed by atoms with van der Waals surface area (Å²) in [5, 5.41) is 8.87. The fourth-order valence-electron chi connectivity index (χ4n) is 2.99. The molecule has 32 heavy (non-hydrogen) atoms. The molecule has 0 aliphatic rings. The van der Waals surface area contributed by atoms with E-state index in [1.165, 1.54) is 19.2 Å². The normalized spacial score (nSPS) is 11.2. The number of carbonyl (C=O) groups is 1. The van der Waals surface area contributed by atoms with E-state index in [1.807, 2.05) is 24.3 Å². The van der Waals surface area contributed by atoms with E-state index in [2.05, 4.69) is 6.07 Å². The van der Waals surface area contributed by atoms with Gasteiger partial charge in [-0.3, -0.25) is 4.79 Å². The molecule has 0 saturated heterocycles. The number of nitrogens with zero attached hydrogens (tertiary/aromatic N) is 2. The van der Waals surface area contributed by atoms with E-state index in [-0.39, 0.29) is 24.3 Å². The number of rotatable bonds is 8. The van der Waals surface area contributed by atoms with E-state index in [0.29, 0.717) is 11.3 Å². The zero-order valence-corrected chi connectivity index (χ0v) is 18.2. The van der Waals surface area contributed by atoms with Crippen LogP contribution < -0.4 is 4.74 Å². The quantitative estimate of drug-likeness (QED) is 0.374. The maximum Gasteiger partial charge on any atom is 0.311 e. The summed E-state index contributed by atoms with van der Waals surface area (Å²) in [6, 6.07) is 20.8. The van der Waals surface area contributed by atoms with Gasteiger partial charge in [-0.25, -0.2) is 17.1 Å². The first kappa shape index (κ1) is 23.1. The van der Waals surface area contributed by atoms with Crippen LogP contribution in [-0.4, -0.2) is 32.3 Å². The third kappa shape index (κ3) is 5.78. The smallest absolute Gasteiger partial charge is 0.311 e. The first-order chi connectivity index (χ1) is 15.3. The number of esters is 1. The largest absolute Gasteiger partial charge is 0.427 e. The number of sulfonamides is 1. The van der Waals surface area contributed by atoms with E-state index < -0.39 is 21.8 Å². The van der Waals surface area contributed by atoms with Crippen LogP contribution in [-0.2, 0) is 14.8 Å². The highest BCUT2D eigenvalue weighted by Crippen LogP contribution is 2.23. The average Bonchev–Trinajstić information content (AvgIpc) is 2.80. The standard InChI is InChI=1S/C24H21FN2O4S/c1-27(32(29,30)23-14-10-21(25)11-15-23)16-2-3-24(28)31-22-12-8-20(9-13-22)19-6-4-18(17-26)5-7-19/h4-15H,2-3,16H2,1H3. The highest BCUT2D eigenvalue weighted by Gasteiger charge is 2.20. The van der Waals surface area contributed by atoms with Crippen molar-refractivity contribution in [3.8, 4) is 22.9 Å². The van der Waals surface area contributed by atoms with E-state index in [1.54, 1.807) is 24.3 Å². The van der Waals surface area contributed by atoms with E-state index in [9.17, 15) is 17.6 Å². The monoisotopic (exact) mass is 452 g/mol. The average molecular weight is 453 g/mol. The van der Waals surface area contributed by atoms with Gasteiger partial charge in [0, 0.05) is 20.0 Å². The Morgan fingerprint density at radius 3 is 2.09 bits per heavy atom. The van der Waals surface area contributed by atoms with Gasteiger partial charge in [-0.1, -0.05) is 24.3 Å². The molecule has 3 rings (SSSR count). The van der Waals surface area contributed by atoms with Crippen LogP contribution in [0.4, 0.5) is 4.39 Å². The van der Waals surface area contributed by atoms with Crippen LogP contribution in [0.3, 0.4) is 0 Å². The molecule has 0 heterocycles. The zero-order valence-electron chi connectivity index (χ0n) is 17.4. The van der Waals surface area contributed by atoms with Crippen LogP contribution in [0.2, 0.25) is 0 Å². The number of benzene rings is 3. The highest BCUT2D eigenvalue weighted by atomic mass is 32.2. The summed E-state index contributed by atoms with van der Waals surface area (Å²) in [4.78, 5) is 12.1. The second-order valence-electron chi connectivity index (χ2n) is 7.07. The van der Waals surface area contributed by atoms with Gasteiger partial charge in [0.1, 0.15) is 11.6 Å². The predicted molar refractivity (Wildman–Crippen MR) is 118 cm³/mol. The molecule has 0 N–H and O–H groups in total. The van der Waals surface area contributed by atoms with Gasteiger partial charge < -0.3 is 4.74 Å². The lowest BCUT2D eigenvalue weighted by atomic mass is 10.0. The summed E-state index contributed by atoms with van der Waals surface area (Å²) in [5.74, 6) is -0.595. The summed E-state index contributed by atoms with van der Waals surface area (Å²) < 4.78 is 44.4. The maximum absolute atomic E-state index is 13.0. The van der Waals surface area contributed by atoms with Crippen LogP contribution in [0, 0.1) is 17.1 Å². The van der Waals surface area contributed by atoms with Crippen LogP contribution in [0.15, 0.2) is 77.7 Å². The summed E-state index contributed by atoms with van der Waals surface area (Å²) in [6.07, 6.45) is 0.319. The van der Waals surface area contributed by atoms with Crippen LogP contribution in [0.25, 0.3) is 11.1 Å². The second kappa shape index (κ2) is 10.2. The SMILES string of the molecule is CN(CCCC(=O)Oc1ccc(-c2ccc(C#N)cc2)cc1)S(=O)(=O)c1ccc(F)cc1. The van der Waals surface area contributed by atoms with Gasteiger partial charge in [0.25, 0.3) is 0 Å². The molecule has 0 saturated carbocycles. The zero-order chi connectivity index (χ0) is 23.1. The van der Waals surface area contributed by atoms with Crippen molar-refractivity contribution in [2.24, 2.45) is 0 Å². The molecule has 164 valence electrons. The lowest BCUT2D eigenvalue weighted by Gasteiger charge is -2.17. The van der Waals surface area contributed by atoms with Crippen molar-refractivity contribution in [2.75, 3.05) is 13.6 Å². The van der Waals surface area contributed by atoms with Gasteiger partial charge in [0.2, 0.25) is 10.0 Å². The highest BCUT2D eigenvalue weighted by molar-refractivity contribution is 7.89. The van der Waals surface area contributed by atoms with Crippen molar-refractivity contribution in [1.29, 1.82) is 5.26 Å². The van der Waals surface area contributed by atoms with Gasteiger partial charge in [0.05, 0.1) is 16.5 Å². The van der Waals surface area contributed by atoms with Crippen molar-refractivity contribution in [3.63, 3.8) is 0 Å².